The average molecular weight is 352 g/mol. The molecule has 2 heterocycles. The van der Waals surface area contributed by atoms with E-state index in [0.717, 1.165) is 4.68 Å². The van der Waals surface area contributed by atoms with Gasteiger partial charge in [-0.05, 0) is 30.3 Å². The number of anilines is 1. The maximum atomic E-state index is 12.4. The zero-order valence-corrected chi connectivity index (χ0v) is 13.9. The van der Waals surface area contributed by atoms with Crippen molar-refractivity contribution in [2.75, 3.05) is 5.32 Å². The van der Waals surface area contributed by atoms with Gasteiger partial charge in [-0.15, -0.1) is 0 Å². The van der Waals surface area contributed by atoms with Crippen molar-refractivity contribution in [2.45, 2.75) is 6.54 Å². The Morgan fingerprint density at radius 3 is 2.62 bits per heavy atom. The van der Waals surface area contributed by atoms with Crippen LogP contribution < -0.4 is 16.2 Å². The van der Waals surface area contributed by atoms with Crippen molar-refractivity contribution in [2.24, 2.45) is 7.05 Å². The first-order valence-corrected chi connectivity index (χ1v) is 7.80. The molecule has 0 aliphatic carbocycles. The molecular weight excluding hydrogens is 336 g/mol. The highest BCUT2D eigenvalue weighted by molar-refractivity contribution is 6.08. The summed E-state index contributed by atoms with van der Waals surface area (Å²) in [6.07, 6.45) is 1.52. The lowest BCUT2D eigenvalue weighted by molar-refractivity contribution is 0.0949. The quantitative estimate of drug-likeness (QED) is 0.725. The van der Waals surface area contributed by atoms with Gasteiger partial charge in [-0.25, -0.2) is 4.68 Å². The van der Waals surface area contributed by atoms with Crippen molar-refractivity contribution in [3.63, 3.8) is 0 Å². The summed E-state index contributed by atoms with van der Waals surface area (Å²) >= 11 is 0. The largest absolute Gasteiger partial charge is 0.467 e. The van der Waals surface area contributed by atoms with Crippen molar-refractivity contribution in [3.8, 4) is 0 Å². The van der Waals surface area contributed by atoms with Crippen LogP contribution in [0.2, 0.25) is 0 Å². The highest BCUT2D eigenvalue weighted by atomic mass is 16.3. The zero-order valence-electron chi connectivity index (χ0n) is 13.9. The first-order valence-electron chi connectivity index (χ1n) is 7.80. The molecular formula is C18H16N4O4. The lowest BCUT2D eigenvalue weighted by Crippen LogP contribution is -2.26. The number of hydrogen-bond acceptors (Lipinski definition) is 5. The molecule has 8 nitrogen and oxygen atoms in total. The number of benzene rings is 1. The molecule has 8 heteroatoms. The molecule has 1 aromatic carbocycles. The Bertz CT molecular complexity index is 992. The minimum atomic E-state index is -0.521. The Balaban J connectivity index is 1.75. The van der Waals surface area contributed by atoms with Crippen molar-refractivity contribution in [1.82, 2.24) is 15.1 Å². The van der Waals surface area contributed by atoms with Crippen LogP contribution in [-0.2, 0) is 13.6 Å². The predicted octanol–water partition coefficient (Wildman–Crippen LogP) is 1.56. The van der Waals surface area contributed by atoms with E-state index in [-0.39, 0.29) is 23.7 Å². The number of para-hydroxylation sites is 1. The standard InChI is InChI=1S/C18H16N4O4/c1-22-16(23)9-8-15(21-22)18(25)20-14-7-3-2-6-13(14)17(24)19-11-12-5-4-10-26-12/h2-10H,11H2,1H3,(H,19,24)(H,20,25). The molecule has 3 aromatic rings. The van der Waals surface area contributed by atoms with E-state index in [9.17, 15) is 14.4 Å². The van der Waals surface area contributed by atoms with Crippen LogP contribution in [0.25, 0.3) is 0 Å². The van der Waals surface area contributed by atoms with E-state index in [1.807, 2.05) is 0 Å². The number of aromatic nitrogens is 2. The minimum Gasteiger partial charge on any atom is -0.467 e. The minimum absolute atomic E-state index is 0.0675. The summed E-state index contributed by atoms with van der Waals surface area (Å²) in [5, 5.41) is 9.27. The van der Waals surface area contributed by atoms with E-state index in [2.05, 4.69) is 15.7 Å². The fourth-order valence-corrected chi connectivity index (χ4v) is 2.28. The van der Waals surface area contributed by atoms with E-state index in [1.165, 1.54) is 25.4 Å². The monoisotopic (exact) mass is 352 g/mol. The molecule has 26 heavy (non-hydrogen) atoms. The van der Waals surface area contributed by atoms with Gasteiger partial charge in [-0.2, -0.15) is 5.10 Å². The molecule has 132 valence electrons. The molecule has 0 aliphatic heterocycles. The number of nitrogens with one attached hydrogen (secondary N) is 2. The number of carbonyl (C=O) groups is 2. The second-order valence-corrected chi connectivity index (χ2v) is 5.44. The van der Waals surface area contributed by atoms with Gasteiger partial charge in [0, 0.05) is 13.1 Å². The summed E-state index contributed by atoms with van der Waals surface area (Å²) in [6, 6.07) is 12.7. The number of rotatable bonds is 5. The summed E-state index contributed by atoms with van der Waals surface area (Å²) in [4.78, 5) is 36.1. The molecule has 0 aliphatic rings. The summed E-state index contributed by atoms with van der Waals surface area (Å²) < 4.78 is 6.24. The summed E-state index contributed by atoms with van der Waals surface area (Å²) in [5.74, 6) is -0.258. The van der Waals surface area contributed by atoms with Gasteiger partial charge >= 0.3 is 0 Å². The second-order valence-electron chi connectivity index (χ2n) is 5.44. The molecule has 0 bridgehead atoms. The number of furan rings is 1. The van der Waals surface area contributed by atoms with Crippen molar-refractivity contribution in [3.05, 3.63) is 82.2 Å². The van der Waals surface area contributed by atoms with Crippen LogP contribution in [0.3, 0.4) is 0 Å². The van der Waals surface area contributed by atoms with Gasteiger partial charge in [0.05, 0.1) is 24.1 Å². The van der Waals surface area contributed by atoms with Crippen molar-refractivity contribution in [1.29, 1.82) is 0 Å². The first kappa shape index (κ1) is 17.2. The van der Waals surface area contributed by atoms with E-state index < -0.39 is 5.91 Å². The highest BCUT2D eigenvalue weighted by Gasteiger charge is 2.15. The lowest BCUT2D eigenvalue weighted by atomic mass is 10.1. The summed E-state index contributed by atoms with van der Waals surface area (Å²) in [5.41, 5.74) is 0.388. The van der Waals surface area contributed by atoms with Gasteiger partial charge < -0.3 is 15.1 Å². The molecule has 0 spiro atoms. The first-order chi connectivity index (χ1) is 12.5. The van der Waals surface area contributed by atoms with Gasteiger partial charge in [-0.1, -0.05) is 12.1 Å². The van der Waals surface area contributed by atoms with Crippen LogP contribution in [-0.4, -0.2) is 21.6 Å². The molecule has 0 atom stereocenters. The molecule has 0 saturated carbocycles. The van der Waals surface area contributed by atoms with Gasteiger partial charge in [-0.3, -0.25) is 14.4 Å². The highest BCUT2D eigenvalue weighted by Crippen LogP contribution is 2.16. The molecule has 2 N–H and O–H groups in total. The van der Waals surface area contributed by atoms with Crippen molar-refractivity contribution < 1.29 is 14.0 Å². The molecule has 2 aromatic heterocycles. The molecule has 0 fully saturated rings. The molecule has 0 radical (unpaired) electrons. The number of carbonyl (C=O) groups excluding carboxylic acids is 2. The third-order valence-electron chi connectivity index (χ3n) is 3.62. The normalized spacial score (nSPS) is 10.3. The van der Waals surface area contributed by atoms with E-state index >= 15 is 0 Å². The van der Waals surface area contributed by atoms with Gasteiger partial charge in [0.15, 0.2) is 0 Å². The fraction of sp³-hybridized carbons (Fsp3) is 0.111. The third kappa shape index (κ3) is 3.86. The fourth-order valence-electron chi connectivity index (χ4n) is 2.28. The van der Waals surface area contributed by atoms with E-state index in [4.69, 9.17) is 4.42 Å². The zero-order chi connectivity index (χ0) is 18.5. The van der Waals surface area contributed by atoms with E-state index in [1.54, 1.807) is 36.4 Å². The van der Waals surface area contributed by atoms with Crippen LogP contribution in [0, 0.1) is 0 Å². The second kappa shape index (κ2) is 7.47. The Labute approximate surface area is 148 Å². The average Bonchev–Trinajstić information content (AvgIpc) is 3.16. The Morgan fingerprint density at radius 2 is 1.88 bits per heavy atom. The van der Waals surface area contributed by atoms with Crippen LogP contribution in [0.5, 0.6) is 0 Å². The number of nitrogens with zero attached hydrogens (tertiary/aromatic N) is 2. The number of aryl methyl sites for hydroxylation is 1. The summed E-state index contributed by atoms with van der Waals surface area (Å²) in [6.45, 7) is 0.233. The van der Waals surface area contributed by atoms with Crippen LogP contribution >= 0.6 is 0 Å². The SMILES string of the molecule is Cn1nc(C(=O)Nc2ccccc2C(=O)NCc2ccco2)ccc1=O. The predicted molar refractivity (Wildman–Crippen MR) is 93.8 cm³/mol. The van der Waals surface area contributed by atoms with Gasteiger partial charge in [0.25, 0.3) is 17.4 Å². The van der Waals surface area contributed by atoms with Crippen LogP contribution in [0.15, 0.2) is 64.0 Å². The maximum absolute atomic E-state index is 12.4. The van der Waals surface area contributed by atoms with E-state index in [0.29, 0.717) is 17.0 Å². The van der Waals surface area contributed by atoms with Crippen molar-refractivity contribution >= 4 is 17.5 Å². The Hall–Kier alpha value is -3.68. The summed E-state index contributed by atoms with van der Waals surface area (Å²) in [7, 11) is 1.45. The molecule has 3 rings (SSSR count). The smallest absolute Gasteiger partial charge is 0.276 e. The molecule has 0 unspecified atom stereocenters. The maximum Gasteiger partial charge on any atom is 0.276 e. The topological polar surface area (TPSA) is 106 Å². The van der Waals surface area contributed by atoms with Gasteiger partial charge in [0.2, 0.25) is 0 Å². The Morgan fingerprint density at radius 1 is 1.08 bits per heavy atom. The lowest BCUT2D eigenvalue weighted by Gasteiger charge is -2.11. The van der Waals surface area contributed by atoms with Gasteiger partial charge in [0.1, 0.15) is 11.5 Å². The number of amides is 2. The number of hydrogen-bond donors (Lipinski definition) is 2. The van der Waals surface area contributed by atoms with Crippen LogP contribution in [0.1, 0.15) is 26.6 Å². The van der Waals surface area contributed by atoms with Crippen LogP contribution in [0.4, 0.5) is 5.69 Å². The molecule has 0 saturated heterocycles. The Kier molecular flexibility index (Phi) is 4.93. The molecule has 2 amide bonds. The third-order valence-corrected chi connectivity index (χ3v) is 3.62.